The highest BCUT2D eigenvalue weighted by Gasteiger charge is 2.09. The number of halogens is 1. The normalized spacial score (nSPS) is 18.2. The molecule has 1 saturated heterocycles. The third-order valence-corrected chi connectivity index (χ3v) is 2.84. The van der Waals surface area contributed by atoms with Crippen LogP contribution in [-0.4, -0.2) is 36.1 Å². The Morgan fingerprint density at radius 3 is 2.85 bits per heavy atom. The maximum Gasteiger partial charge on any atom is 0.0794 e. The second-order valence-electron chi connectivity index (χ2n) is 2.99. The fourth-order valence-electron chi connectivity index (χ4n) is 1.41. The van der Waals surface area contributed by atoms with E-state index in [0.717, 1.165) is 32.7 Å². The molecule has 1 fully saturated rings. The van der Waals surface area contributed by atoms with E-state index in [9.17, 15) is 0 Å². The van der Waals surface area contributed by atoms with Gasteiger partial charge in [0.25, 0.3) is 0 Å². The molecule has 0 spiro atoms. The van der Waals surface area contributed by atoms with E-state index in [-0.39, 0.29) is 12.4 Å². The fourth-order valence-corrected chi connectivity index (χ4v) is 2.05. The lowest BCUT2D eigenvalue weighted by Gasteiger charge is -2.26. The van der Waals surface area contributed by atoms with Crippen LogP contribution in [0.1, 0.15) is 4.88 Å². The Kier molecular flexibility index (Phi) is 4.66. The van der Waals surface area contributed by atoms with Crippen LogP contribution in [0.2, 0.25) is 0 Å². The highest BCUT2D eigenvalue weighted by atomic mass is 35.5. The van der Waals surface area contributed by atoms with E-state index in [1.54, 1.807) is 11.3 Å². The smallest absolute Gasteiger partial charge is 0.0794 e. The lowest BCUT2D eigenvalue weighted by atomic mass is 10.3. The van der Waals surface area contributed by atoms with Crippen LogP contribution in [0, 0.1) is 0 Å². The van der Waals surface area contributed by atoms with Gasteiger partial charge in [0, 0.05) is 43.8 Å². The van der Waals surface area contributed by atoms with Gasteiger partial charge in [-0.15, -0.1) is 23.7 Å². The molecule has 1 aliphatic rings. The van der Waals surface area contributed by atoms with Crippen molar-refractivity contribution >= 4 is 23.7 Å². The number of rotatable bonds is 2. The van der Waals surface area contributed by atoms with Gasteiger partial charge in [0.05, 0.1) is 5.51 Å². The Morgan fingerprint density at radius 1 is 1.46 bits per heavy atom. The van der Waals surface area contributed by atoms with Gasteiger partial charge in [0.15, 0.2) is 0 Å². The van der Waals surface area contributed by atoms with E-state index in [0.29, 0.717) is 0 Å². The van der Waals surface area contributed by atoms with Crippen molar-refractivity contribution in [3.05, 3.63) is 16.6 Å². The van der Waals surface area contributed by atoms with Crippen LogP contribution in [0.5, 0.6) is 0 Å². The minimum Gasteiger partial charge on any atom is -0.314 e. The van der Waals surface area contributed by atoms with Crippen molar-refractivity contribution in [3.63, 3.8) is 0 Å². The van der Waals surface area contributed by atoms with E-state index in [1.165, 1.54) is 4.88 Å². The van der Waals surface area contributed by atoms with Gasteiger partial charge in [0.1, 0.15) is 0 Å². The summed E-state index contributed by atoms with van der Waals surface area (Å²) in [6.45, 7) is 5.65. The highest BCUT2D eigenvalue weighted by Crippen LogP contribution is 2.09. The number of aromatic nitrogens is 1. The average molecular weight is 220 g/mol. The van der Waals surface area contributed by atoms with E-state index < -0.39 is 0 Å². The predicted octanol–water partition coefficient (Wildman–Crippen LogP) is 0.970. The van der Waals surface area contributed by atoms with Crippen LogP contribution >= 0.6 is 23.7 Å². The second-order valence-corrected chi connectivity index (χ2v) is 3.96. The first-order valence-corrected chi connectivity index (χ1v) is 5.13. The minimum absolute atomic E-state index is 0. The third kappa shape index (κ3) is 3.23. The second kappa shape index (κ2) is 5.54. The molecule has 5 heteroatoms. The van der Waals surface area contributed by atoms with E-state index in [1.807, 2.05) is 11.7 Å². The lowest BCUT2D eigenvalue weighted by molar-refractivity contribution is 0.235. The molecule has 2 rings (SSSR count). The molecule has 0 aliphatic carbocycles. The minimum atomic E-state index is 0. The summed E-state index contributed by atoms with van der Waals surface area (Å²) < 4.78 is 0. The highest BCUT2D eigenvalue weighted by molar-refractivity contribution is 7.09. The molecule has 3 nitrogen and oxygen atoms in total. The van der Waals surface area contributed by atoms with Crippen molar-refractivity contribution in [2.24, 2.45) is 0 Å². The maximum atomic E-state index is 4.06. The Bertz CT molecular complexity index is 221. The predicted molar refractivity (Wildman–Crippen MR) is 57.5 cm³/mol. The van der Waals surface area contributed by atoms with E-state index in [2.05, 4.69) is 15.2 Å². The monoisotopic (exact) mass is 219 g/mol. The van der Waals surface area contributed by atoms with Crippen molar-refractivity contribution in [1.82, 2.24) is 15.2 Å². The van der Waals surface area contributed by atoms with E-state index >= 15 is 0 Å². The van der Waals surface area contributed by atoms with Crippen LogP contribution < -0.4 is 5.32 Å². The molecule has 1 N–H and O–H groups in total. The van der Waals surface area contributed by atoms with Crippen LogP contribution in [0.15, 0.2) is 11.7 Å². The summed E-state index contributed by atoms with van der Waals surface area (Å²) in [7, 11) is 0. The first-order valence-electron chi connectivity index (χ1n) is 4.25. The molecule has 0 bridgehead atoms. The molecule has 0 saturated carbocycles. The van der Waals surface area contributed by atoms with Crippen molar-refractivity contribution in [2.75, 3.05) is 26.2 Å². The zero-order valence-electron chi connectivity index (χ0n) is 7.40. The lowest BCUT2D eigenvalue weighted by Crippen LogP contribution is -2.42. The molecule has 1 aromatic heterocycles. The SMILES string of the molecule is Cl.c1ncc(CN2CCNCC2)s1. The molecule has 74 valence electrons. The molecule has 1 aliphatic heterocycles. The van der Waals surface area contributed by atoms with Gasteiger partial charge in [-0.3, -0.25) is 9.88 Å². The molecule has 0 radical (unpaired) electrons. The van der Waals surface area contributed by atoms with Crippen molar-refractivity contribution in [1.29, 1.82) is 0 Å². The summed E-state index contributed by atoms with van der Waals surface area (Å²) in [5, 5.41) is 3.34. The summed E-state index contributed by atoms with van der Waals surface area (Å²) >= 11 is 1.74. The number of nitrogens with zero attached hydrogens (tertiary/aromatic N) is 2. The molecule has 0 amide bonds. The number of hydrogen-bond acceptors (Lipinski definition) is 4. The average Bonchev–Trinajstić information content (AvgIpc) is 2.59. The molecule has 1 aromatic rings. The van der Waals surface area contributed by atoms with Gasteiger partial charge in [-0.05, 0) is 0 Å². The van der Waals surface area contributed by atoms with Gasteiger partial charge in [-0.2, -0.15) is 0 Å². The topological polar surface area (TPSA) is 28.2 Å². The Hall–Kier alpha value is -0.160. The summed E-state index contributed by atoms with van der Waals surface area (Å²) in [5.41, 5.74) is 1.90. The summed E-state index contributed by atoms with van der Waals surface area (Å²) in [6, 6.07) is 0. The standard InChI is InChI=1S/C8H13N3S.ClH/c1-3-11(4-2-9-1)6-8-5-10-7-12-8;/h5,7,9H,1-4,6H2;1H. The number of thiazole rings is 1. The largest absolute Gasteiger partial charge is 0.314 e. The number of nitrogens with one attached hydrogen (secondary N) is 1. The third-order valence-electron chi connectivity index (χ3n) is 2.07. The van der Waals surface area contributed by atoms with Gasteiger partial charge in [0.2, 0.25) is 0 Å². The van der Waals surface area contributed by atoms with Crippen LogP contribution in [0.25, 0.3) is 0 Å². The Balaban J connectivity index is 0.000000845. The Morgan fingerprint density at radius 2 is 2.23 bits per heavy atom. The zero-order valence-corrected chi connectivity index (χ0v) is 9.03. The molecule has 0 unspecified atom stereocenters. The molecular formula is C8H14ClN3S. The van der Waals surface area contributed by atoms with E-state index in [4.69, 9.17) is 0 Å². The van der Waals surface area contributed by atoms with Crippen LogP contribution in [-0.2, 0) is 6.54 Å². The molecule has 0 aromatic carbocycles. The first-order chi connectivity index (χ1) is 5.95. The quantitative estimate of drug-likeness (QED) is 0.804. The molecule has 13 heavy (non-hydrogen) atoms. The van der Waals surface area contributed by atoms with Crippen LogP contribution in [0.3, 0.4) is 0 Å². The van der Waals surface area contributed by atoms with Crippen molar-refractivity contribution in [3.8, 4) is 0 Å². The number of piperazine rings is 1. The van der Waals surface area contributed by atoms with Crippen molar-refractivity contribution < 1.29 is 0 Å². The van der Waals surface area contributed by atoms with Gasteiger partial charge in [-0.1, -0.05) is 0 Å². The van der Waals surface area contributed by atoms with Crippen LogP contribution in [0.4, 0.5) is 0 Å². The summed E-state index contributed by atoms with van der Waals surface area (Å²) in [5.74, 6) is 0. The Labute approximate surface area is 88.6 Å². The summed E-state index contributed by atoms with van der Waals surface area (Å²) in [4.78, 5) is 7.90. The van der Waals surface area contributed by atoms with Gasteiger partial charge >= 0.3 is 0 Å². The molecule has 2 heterocycles. The zero-order chi connectivity index (χ0) is 8.23. The van der Waals surface area contributed by atoms with Gasteiger partial charge < -0.3 is 5.32 Å². The van der Waals surface area contributed by atoms with Crippen molar-refractivity contribution in [2.45, 2.75) is 6.54 Å². The number of hydrogen-bond donors (Lipinski definition) is 1. The maximum absolute atomic E-state index is 4.06. The van der Waals surface area contributed by atoms with Gasteiger partial charge in [-0.25, -0.2) is 0 Å². The summed E-state index contributed by atoms with van der Waals surface area (Å²) in [6.07, 6.45) is 1.96. The first kappa shape index (κ1) is 10.9. The fraction of sp³-hybridized carbons (Fsp3) is 0.625. The molecular weight excluding hydrogens is 206 g/mol. The molecule has 0 atom stereocenters.